The Hall–Kier alpha value is -1.12. The number of halogens is 2. The molecular formula is C12H14F2N2S. The second-order valence-electron chi connectivity index (χ2n) is 4.06. The van der Waals surface area contributed by atoms with Crippen LogP contribution in [0.2, 0.25) is 0 Å². The van der Waals surface area contributed by atoms with E-state index in [-0.39, 0.29) is 0 Å². The minimum Gasteiger partial charge on any atom is -0.314 e. The maximum atomic E-state index is 13.2. The normalized spacial score (nSPS) is 14.1. The van der Waals surface area contributed by atoms with Gasteiger partial charge in [-0.15, -0.1) is 11.8 Å². The summed E-state index contributed by atoms with van der Waals surface area (Å²) in [6.45, 7) is 1.66. The van der Waals surface area contributed by atoms with Crippen LogP contribution in [-0.4, -0.2) is 11.3 Å². The first-order chi connectivity index (χ1) is 7.94. The van der Waals surface area contributed by atoms with Gasteiger partial charge in [0.05, 0.1) is 6.07 Å². The maximum absolute atomic E-state index is 13.2. The summed E-state index contributed by atoms with van der Waals surface area (Å²) in [6.07, 6.45) is 1.27. The van der Waals surface area contributed by atoms with Crippen molar-refractivity contribution in [3.05, 3.63) is 29.8 Å². The third kappa shape index (κ3) is 4.72. The van der Waals surface area contributed by atoms with E-state index in [1.165, 1.54) is 23.9 Å². The maximum Gasteiger partial charge on any atom is 0.139 e. The molecule has 0 amide bonds. The van der Waals surface area contributed by atoms with Crippen molar-refractivity contribution in [1.82, 2.24) is 0 Å². The van der Waals surface area contributed by atoms with Gasteiger partial charge in [0.2, 0.25) is 0 Å². The van der Waals surface area contributed by atoms with Crippen LogP contribution >= 0.6 is 11.8 Å². The van der Waals surface area contributed by atoms with Gasteiger partial charge in [-0.1, -0.05) is 0 Å². The van der Waals surface area contributed by atoms with Crippen molar-refractivity contribution in [2.45, 2.75) is 30.2 Å². The molecule has 0 aliphatic carbocycles. The second-order valence-corrected chi connectivity index (χ2v) is 5.19. The van der Waals surface area contributed by atoms with E-state index in [0.717, 1.165) is 6.07 Å². The molecule has 0 aromatic heterocycles. The summed E-state index contributed by atoms with van der Waals surface area (Å²) >= 11 is 1.30. The Labute approximate surface area is 104 Å². The summed E-state index contributed by atoms with van der Waals surface area (Å²) in [4.78, 5) is 0.419. The van der Waals surface area contributed by atoms with Crippen LogP contribution < -0.4 is 5.73 Å². The molecule has 17 heavy (non-hydrogen) atoms. The first-order valence-corrected chi connectivity index (χ1v) is 6.21. The molecule has 5 heteroatoms. The zero-order chi connectivity index (χ0) is 12.9. The quantitative estimate of drug-likeness (QED) is 0.650. The Bertz CT molecular complexity index is 427. The van der Waals surface area contributed by atoms with Crippen LogP contribution in [0.4, 0.5) is 8.78 Å². The van der Waals surface area contributed by atoms with Crippen LogP contribution in [-0.2, 0) is 0 Å². The van der Waals surface area contributed by atoms with Crippen molar-refractivity contribution in [2.75, 3.05) is 5.75 Å². The average Bonchev–Trinajstić information content (AvgIpc) is 2.27. The molecule has 1 unspecified atom stereocenters. The highest BCUT2D eigenvalue weighted by atomic mass is 32.2. The fourth-order valence-corrected chi connectivity index (χ4v) is 2.14. The molecule has 0 fully saturated rings. The lowest BCUT2D eigenvalue weighted by Gasteiger charge is -2.14. The Balaban J connectivity index is 2.39. The van der Waals surface area contributed by atoms with Crippen LogP contribution in [0, 0.1) is 23.0 Å². The Kier molecular flexibility index (Phi) is 4.91. The number of benzene rings is 1. The number of hydrogen-bond donors (Lipinski definition) is 1. The van der Waals surface area contributed by atoms with Gasteiger partial charge in [-0.2, -0.15) is 5.26 Å². The molecule has 0 saturated heterocycles. The molecule has 1 aromatic rings. The first kappa shape index (κ1) is 13.9. The molecule has 0 aliphatic rings. The first-order valence-electron chi connectivity index (χ1n) is 5.22. The molecule has 2 nitrogen and oxygen atoms in total. The van der Waals surface area contributed by atoms with Crippen molar-refractivity contribution in [3.8, 4) is 6.07 Å². The molecule has 2 N–H and O–H groups in total. The van der Waals surface area contributed by atoms with Gasteiger partial charge in [0.15, 0.2) is 0 Å². The summed E-state index contributed by atoms with van der Waals surface area (Å²) < 4.78 is 25.9. The number of thioether (sulfide) groups is 1. The number of nitriles is 1. The molecule has 0 bridgehead atoms. The summed E-state index contributed by atoms with van der Waals surface area (Å²) in [5, 5.41) is 8.70. The molecule has 0 spiro atoms. The lowest BCUT2D eigenvalue weighted by atomic mass is 10.0. The van der Waals surface area contributed by atoms with Gasteiger partial charge in [0, 0.05) is 11.0 Å². The van der Waals surface area contributed by atoms with E-state index in [1.54, 1.807) is 6.92 Å². The molecule has 0 saturated carbocycles. The van der Waals surface area contributed by atoms with Gasteiger partial charge in [0.25, 0.3) is 0 Å². The van der Waals surface area contributed by atoms with Crippen molar-refractivity contribution in [2.24, 2.45) is 5.73 Å². The summed E-state index contributed by atoms with van der Waals surface area (Å²) in [7, 11) is 0. The van der Waals surface area contributed by atoms with E-state index in [2.05, 4.69) is 0 Å². The average molecular weight is 256 g/mol. The summed E-state index contributed by atoms with van der Waals surface area (Å²) in [5.41, 5.74) is 4.82. The van der Waals surface area contributed by atoms with Crippen LogP contribution in [0.5, 0.6) is 0 Å². The largest absolute Gasteiger partial charge is 0.314 e. The Morgan fingerprint density at radius 3 is 2.76 bits per heavy atom. The predicted octanol–water partition coefficient (Wildman–Crippen LogP) is 3.08. The molecule has 92 valence electrons. The fraction of sp³-hybridized carbons (Fsp3) is 0.417. The van der Waals surface area contributed by atoms with Crippen LogP contribution in [0.1, 0.15) is 19.8 Å². The number of nitrogens with two attached hydrogens (primary N) is 1. The molecule has 1 atom stereocenters. The van der Waals surface area contributed by atoms with E-state index in [0.29, 0.717) is 23.5 Å². The van der Waals surface area contributed by atoms with E-state index in [9.17, 15) is 8.78 Å². The van der Waals surface area contributed by atoms with Crippen molar-refractivity contribution in [3.63, 3.8) is 0 Å². The van der Waals surface area contributed by atoms with Crippen LogP contribution in [0.3, 0.4) is 0 Å². The van der Waals surface area contributed by atoms with E-state index in [1.807, 2.05) is 6.07 Å². The highest BCUT2D eigenvalue weighted by Gasteiger charge is 2.16. The smallest absolute Gasteiger partial charge is 0.139 e. The van der Waals surface area contributed by atoms with Gasteiger partial charge >= 0.3 is 0 Å². The molecular weight excluding hydrogens is 242 g/mol. The van der Waals surface area contributed by atoms with E-state index < -0.39 is 17.2 Å². The number of rotatable bonds is 5. The van der Waals surface area contributed by atoms with Gasteiger partial charge in [-0.05, 0) is 37.7 Å². The van der Waals surface area contributed by atoms with Crippen molar-refractivity contribution >= 4 is 11.8 Å². The topological polar surface area (TPSA) is 49.8 Å². The van der Waals surface area contributed by atoms with E-state index >= 15 is 0 Å². The van der Waals surface area contributed by atoms with E-state index in [4.69, 9.17) is 11.0 Å². The van der Waals surface area contributed by atoms with Crippen molar-refractivity contribution < 1.29 is 8.78 Å². The van der Waals surface area contributed by atoms with Gasteiger partial charge in [0.1, 0.15) is 17.2 Å². The molecule has 1 aromatic carbocycles. The Morgan fingerprint density at radius 2 is 2.18 bits per heavy atom. The monoisotopic (exact) mass is 256 g/mol. The van der Waals surface area contributed by atoms with Gasteiger partial charge < -0.3 is 5.73 Å². The molecule has 1 rings (SSSR count). The fourth-order valence-electron chi connectivity index (χ4n) is 1.27. The third-order valence-corrected chi connectivity index (χ3v) is 3.38. The van der Waals surface area contributed by atoms with Gasteiger partial charge in [-0.25, -0.2) is 8.78 Å². The highest BCUT2D eigenvalue weighted by Crippen LogP contribution is 2.24. The standard InChI is InChI=1S/C12H14F2N2S/c1-12(16,8-15)5-2-6-17-11-4-3-9(13)7-10(11)14/h3-4,7H,2,5-6,16H2,1H3. The van der Waals surface area contributed by atoms with Crippen molar-refractivity contribution in [1.29, 1.82) is 5.26 Å². The number of hydrogen-bond acceptors (Lipinski definition) is 3. The predicted molar refractivity (Wildman–Crippen MR) is 64.5 cm³/mol. The van der Waals surface area contributed by atoms with Crippen LogP contribution in [0.15, 0.2) is 23.1 Å². The minimum atomic E-state index is -0.831. The lowest BCUT2D eigenvalue weighted by Crippen LogP contribution is -2.33. The zero-order valence-electron chi connectivity index (χ0n) is 9.54. The second kappa shape index (κ2) is 5.99. The van der Waals surface area contributed by atoms with Crippen LogP contribution in [0.25, 0.3) is 0 Å². The van der Waals surface area contributed by atoms with Gasteiger partial charge in [-0.3, -0.25) is 0 Å². The SMILES string of the molecule is CC(N)(C#N)CCCSc1ccc(F)cc1F. The number of nitrogens with zero attached hydrogens (tertiary/aromatic N) is 1. The third-order valence-electron chi connectivity index (χ3n) is 2.25. The summed E-state index contributed by atoms with van der Waals surface area (Å²) in [5.74, 6) is -0.478. The molecule has 0 heterocycles. The lowest BCUT2D eigenvalue weighted by molar-refractivity contribution is 0.540. The Morgan fingerprint density at radius 1 is 1.47 bits per heavy atom. The molecule has 0 aliphatic heterocycles. The minimum absolute atomic E-state index is 0.419. The zero-order valence-corrected chi connectivity index (χ0v) is 10.4. The molecule has 0 radical (unpaired) electrons. The highest BCUT2D eigenvalue weighted by molar-refractivity contribution is 7.99. The summed E-state index contributed by atoms with van der Waals surface area (Å²) in [6, 6.07) is 5.52.